The predicted octanol–water partition coefficient (Wildman–Crippen LogP) is 2.48. The maximum absolute atomic E-state index is 12.2. The summed E-state index contributed by atoms with van der Waals surface area (Å²) in [5.41, 5.74) is 1.16. The Hall–Kier alpha value is -2.57. The van der Waals surface area contributed by atoms with E-state index in [4.69, 9.17) is 0 Å². The number of rotatable bonds is 7. The molecule has 0 radical (unpaired) electrons. The second-order valence-corrected chi connectivity index (χ2v) is 7.52. The van der Waals surface area contributed by atoms with Crippen LogP contribution in [0, 0.1) is 0 Å². The fraction of sp³-hybridized carbons (Fsp3) is 0.550. The minimum Gasteiger partial charge on any atom is -0.350 e. The van der Waals surface area contributed by atoms with Crippen LogP contribution in [-0.2, 0) is 16.0 Å². The van der Waals surface area contributed by atoms with E-state index >= 15 is 0 Å². The van der Waals surface area contributed by atoms with Crippen molar-refractivity contribution in [1.82, 2.24) is 15.1 Å². The second-order valence-electron chi connectivity index (χ2n) is 7.52. The molecule has 7 nitrogen and oxygen atoms in total. The number of nitrogens with zero attached hydrogens (tertiary/aromatic N) is 2. The van der Waals surface area contributed by atoms with E-state index in [1.54, 1.807) is 24.1 Å². The molecule has 0 aliphatic heterocycles. The number of anilines is 1. The summed E-state index contributed by atoms with van der Waals surface area (Å²) >= 11 is 0. The number of nitrogens with one attached hydrogen (secondary N) is 2. The van der Waals surface area contributed by atoms with Crippen LogP contribution in [0.3, 0.4) is 0 Å². The average Bonchev–Trinajstić information content (AvgIpc) is 2.55. The van der Waals surface area contributed by atoms with Crippen molar-refractivity contribution in [3.05, 3.63) is 29.8 Å². The molecule has 0 saturated heterocycles. The van der Waals surface area contributed by atoms with Crippen molar-refractivity contribution < 1.29 is 14.4 Å². The number of hydrogen-bond donors (Lipinski definition) is 2. The quantitative estimate of drug-likeness (QED) is 0.767. The maximum Gasteiger partial charge on any atom is 0.322 e. The molecule has 0 spiro atoms. The molecule has 150 valence electrons. The van der Waals surface area contributed by atoms with E-state index in [-0.39, 0.29) is 29.9 Å². The van der Waals surface area contributed by atoms with Crippen molar-refractivity contribution in [2.45, 2.75) is 46.6 Å². The molecule has 1 aromatic carbocycles. The molecule has 0 heterocycles. The average molecular weight is 377 g/mol. The molecule has 0 bridgehead atoms. The number of carbonyl (C=O) groups is 3. The Morgan fingerprint density at radius 2 is 1.56 bits per heavy atom. The summed E-state index contributed by atoms with van der Waals surface area (Å²) in [6.45, 7) is 10.9. The zero-order chi connectivity index (χ0) is 20.6. The second kappa shape index (κ2) is 9.94. The lowest BCUT2D eigenvalue weighted by Crippen LogP contribution is -2.47. The first-order valence-electron chi connectivity index (χ1n) is 9.25. The third-order valence-corrected chi connectivity index (χ3v) is 3.92. The van der Waals surface area contributed by atoms with E-state index in [1.807, 2.05) is 46.8 Å². The van der Waals surface area contributed by atoms with Crippen LogP contribution in [0.15, 0.2) is 24.3 Å². The third kappa shape index (κ3) is 8.11. The van der Waals surface area contributed by atoms with Crippen LogP contribution in [0.4, 0.5) is 10.5 Å². The fourth-order valence-corrected chi connectivity index (χ4v) is 2.53. The molecule has 4 amide bonds. The maximum atomic E-state index is 12.2. The Morgan fingerprint density at radius 3 is 2.04 bits per heavy atom. The minimum absolute atomic E-state index is 0.0282. The topological polar surface area (TPSA) is 81.8 Å². The van der Waals surface area contributed by atoms with Crippen molar-refractivity contribution in [3.63, 3.8) is 0 Å². The van der Waals surface area contributed by atoms with Gasteiger partial charge in [0.05, 0.1) is 6.42 Å². The molecule has 1 aromatic rings. The van der Waals surface area contributed by atoms with Gasteiger partial charge in [-0.1, -0.05) is 12.1 Å². The zero-order valence-corrected chi connectivity index (χ0v) is 17.3. The molecule has 0 aliphatic carbocycles. The van der Waals surface area contributed by atoms with E-state index < -0.39 is 0 Å². The van der Waals surface area contributed by atoms with Crippen molar-refractivity contribution in [2.24, 2.45) is 0 Å². The molecular weight excluding hydrogens is 344 g/mol. The van der Waals surface area contributed by atoms with Crippen LogP contribution in [0.1, 0.15) is 40.2 Å². The molecule has 7 heteroatoms. The summed E-state index contributed by atoms with van der Waals surface area (Å²) in [4.78, 5) is 39.4. The Kier molecular flexibility index (Phi) is 8.28. The van der Waals surface area contributed by atoms with E-state index in [0.717, 1.165) is 5.56 Å². The van der Waals surface area contributed by atoms with Crippen molar-refractivity contribution in [1.29, 1.82) is 0 Å². The van der Waals surface area contributed by atoms with Crippen LogP contribution < -0.4 is 10.6 Å². The van der Waals surface area contributed by atoms with Gasteiger partial charge in [0, 0.05) is 31.4 Å². The summed E-state index contributed by atoms with van der Waals surface area (Å²) in [5, 5.41) is 5.56. The number of amides is 4. The highest BCUT2D eigenvalue weighted by Crippen LogP contribution is 2.12. The summed E-state index contributed by atoms with van der Waals surface area (Å²) < 4.78 is 0. The first-order chi connectivity index (χ1) is 12.6. The number of likely N-dealkylation sites (N-methyl/N-ethyl adjacent to an activating group) is 2. The molecule has 0 aromatic heterocycles. The lowest BCUT2D eigenvalue weighted by atomic mass is 10.1. The first kappa shape index (κ1) is 22.5. The molecule has 0 fully saturated rings. The first-order valence-corrected chi connectivity index (χ1v) is 9.25. The predicted molar refractivity (Wildman–Crippen MR) is 108 cm³/mol. The van der Waals surface area contributed by atoms with Gasteiger partial charge in [-0.05, 0) is 52.3 Å². The fourth-order valence-electron chi connectivity index (χ4n) is 2.53. The van der Waals surface area contributed by atoms with Gasteiger partial charge in [0.1, 0.15) is 6.54 Å². The number of benzene rings is 1. The smallest absolute Gasteiger partial charge is 0.322 e. The monoisotopic (exact) mass is 376 g/mol. The highest BCUT2D eigenvalue weighted by Gasteiger charge is 2.18. The molecule has 2 N–H and O–H groups in total. The van der Waals surface area contributed by atoms with E-state index in [1.165, 1.54) is 4.90 Å². The molecule has 0 saturated carbocycles. The Bertz CT molecular complexity index is 646. The Morgan fingerprint density at radius 1 is 1.00 bits per heavy atom. The molecule has 1 rings (SSSR count). The normalized spacial score (nSPS) is 10.9. The van der Waals surface area contributed by atoms with Gasteiger partial charge in [0.2, 0.25) is 11.8 Å². The van der Waals surface area contributed by atoms with Crippen LogP contribution >= 0.6 is 0 Å². The SMILES string of the molecule is CCN(CC)C(=O)Cc1ccc(NC(=O)N(C)CC(=O)NC(C)(C)C)cc1. The number of carbonyl (C=O) groups excluding carboxylic acids is 3. The minimum atomic E-state index is -0.369. The number of hydrogen-bond acceptors (Lipinski definition) is 3. The summed E-state index contributed by atoms with van der Waals surface area (Å²) in [7, 11) is 1.56. The number of urea groups is 1. The van der Waals surface area contributed by atoms with Crippen LogP contribution in [0.5, 0.6) is 0 Å². The molecule has 0 unspecified atom stereocenters. The Balaban J connectivity index is 2.58. The summed E-state index contributed by atoms with van der Waals surface area (Å²) in [6, 6.07) is 6.79. The van der Waals surface area contributed by atoms with Gasteiger partial charge in [-0.2, -0.15) is 0 Å². The highest BCUT2D eigenvalue weighted by molar-refractivity contribution is 5.92. The zero-order valence-electron chi connectivity index (χ0n) is 17.3. The molecule has 0 atom stereocenters. The van der Waals surface area contributed by atoms with Gasteiger partial charge >= 0.3 is 6.03 Å². The summed E-state index contributed by atoms with van der Waals surface area (Å²) in [5.74, 6) is -0.133. The van der Waals surface area contributed by atoms with Crippen LogP contribution in [0.2, 0.25) is 0 Å². The highest BCUT2D eigenvalue weighted by atomic mass is 16.2. The van der Waals surface area contributed by atoms with Crippen LogP contribution in [0.25, 0.3) is 0 Å². The van der Waals surface area contributed by atoms with E-state index in [0.29, 0.717) is 25.2 Å². The molecule has 0 aliphatic rings. The van der Waals surface area contributed by atoms with Gasteiger partial charge in [-0.15, -0.1) is 0 Å². The largest absolute Gasteiger partial charge is 0.350 e. The molecular formula is C20H32N4O3. The van der Waals surface area contributed by atoms with E-state index in [2.05, 4.69) is 10.6 Å². The van der Waals surface area contributed by atoms with Gasteiger partial charge < -0.3 is 20.4 Å². The van der Waals surface area contributed by atoms with Crippen LogP contribution in [-0.4, -0.2) is 59.9 Å². The van der Waals surface area contributed by atoms with Gasteiger partial charge in [0.15, 0.2) is 0 Å². The lowest BCUT2D eigenvalue weighted by molar-refractivity contribution is -0.130. The summed E-state index contributed by atoms with van der Waals surface area (Å²) in [6.07, 6.45) is 0.336. The van der Waals surface area contributed by atoms with Gasteiger partial charge in [-0.3, -0.25) is 9.59 Å². The Labute approximate surface area is 162 Å². The molecule has 27 heavy (non-hydrogen) atoms. The third-order valence-electron chi connectivity index (χ3n) is 3.92. The van der Waals surface area contributed by atoms with Crippen molar-refractivity contribution in [2.75, 3.05) is 32.0 Å². The van der Waals surface area contributed by atoms with Crippen molar-refractivity contribution >= 4 is 23.5 Å². The van der Waals surface area contributed by atoms with Gasteiger partial charge in [-0.25, -0.2) is 4.79 Å². The standard InChI is InChI=1S/C20H32N4O3/c1-7-24(8-2)18(26)13-15-9-11-16(12-10-15)21-19(27)23(6)14-17(25)22-20(3,4)5/h9-12H,7-8,13-14H2,1-6H3,(H,21,27)(H,22,25). The van der Waals surface area contributed by atoms with Gasteiger partial charge in [0.25, 0.3) is 0 Å². The lowest BCUT2D eigenvalue weighted by Gasteiger charge is -2.23. The van der Waals surface area contributed by atoms with E-state index in [9.17, 15) is 14.4 Å². The van der Waals surface area contributed by atoms with Crippen molar-refractivity contribution in [3.8, 4) is 0 Å².